The number of nitriles is 1. The van der Waals surface area contributed by atoms with E-state index in [-0.39, 0.29) is 13.2 Å². The van der Waals surface area contributed by atoms with Gasteiger partial charge in [0, 0.05) is 13.3 Å². The van der Waals surface area contributed by atoms with Crippen LogP contribution in [0.15, 0.2) is 0 Å². The second-order valence-corrected chi connectivity index (χ2v) is 4.25. The number of carbonyl (C=O) groups excluding carboxylic acids is 3. The fourth-order valence-electron chi connectivity index (χ4n) is 1.71. The van der Waals surface area contributed by atoms with Crippen molar-refractivity contribution >= 4 is 23.8 Å². The van der Waals surface area contributed by atoms with Crippen molar-refractivity contribution in [1.82, 2.24) is 5.32 Å². The minimum absolute atomic E-state index is 0.107. The number of nitrogens with zero attached hydrogens (tertiary/aromatic N) is 1. The molecule has 0 aromatic heterocycles. The Morgan fingerprint density at radius 3 is 1.91 bits per heavy atom. The zero-order valence-electron chi connectivity index (χ0n) is 12.5. The lowest BCUT2D eigenvalue weighted by Gasteiger charge is -2.30. The van der Waals surface area contributed by atoms with Gasteiger partial charge in [0.15, 0.2) is 0 Å². The Hall–Kier alpha value is -2.63. The van der Waals surface area contributed by atoms with E-state index in [0.717, 1.165) is 6.92 Å². The van der Waals surface area contributed by atoms with E-state index in [9.17, 15) is 19.2 Å². The quantitative estimate of drug-likeness (QED) is 0.455. The molecule has 2 N–H and O–H groups in total. The number of carboxylic acid groups (broad SMARTS) is 1. The van der Waals surface area contributed by atoms with E-state index in [0.29, 0.717) is 0 Å². The van der Waals surface area contributed by atoms with Crippen molar-refractivity contribution in [2.75, 3.05) is 13.2 Å². The molecule has 9 heteroatoms. The summed E-state index contributed by atoms with van der Waals surface area (Å²) in [5.41, 5.74) is -2.38. The molecule has 0 bridgehead atoms. The third-order valence-corrected chi connectivity index (χ3v) is 2.60. The van der Waals surface area contributed by atoms with Gasteiger partial charge in [-0.3, -0.25) is 9.59 Å². The van der Waals surface area contributed by atoms with Crippen LogP contribution in [0.25, 0.3) is 0 Å². The fraction of sp³-hybridized carbons (Fsp3) is 0.615. The number of rotatable bonds is 8. The maximum absolute atomic E-state index is 12.2. The van der Waals surface area contributed by atoms with Crippen molar-refractivity contribution < 1.29 is 33.8 Å². The van der Waals surface area contributed by atoms with E-state index in [1.807, 2.05) is 0 Å². The first-order chi connectivity index (χ1) is 10.2. The largest absolute Gasteiger partial charge is 0.480 e. The van der Waals surface area contributed by atoms with Crippen molar-refractivity contribution in [3.8, 4) is 6.07 Å². The number of carbonyl (C=O) groups is 4. The molecule has 22 heavy (non-hydrogen) atoms. The number of carboxylic acids is 1. The van der Waals surface area contributed by atoms with E-state index < -0.39 is 41.7 Å². The molecule has 9 nitrogen and oxygen atoms in total. The van der Waals surface area contributed by atoms with Crippen molar-refractivity contribution in [2.24, 2.45) is 5.92 Å². The average Bonchev–Trinajstić information content (AvgIpc) is 2.42. The van der Waals surface area contributed by atoms with E-state index in [4.69, 9.17) is 19.8 Å². The van der Waals surface area contributed by atoms with Crippen LogP contribution >= 0.6 is 0 Å². The summed E-state index contributed by atoms with van der Waals surface area (Å²) in [5.74, 6) is -6.37. The molecule has 0 rings (SSSR count). The van der Waals surface area contributed by atoms with Gasteiger partial charge in [-0.1, -0.05) is 0 Å². The molecule has 0 saturated heterocycles. The molecule has 1 atom stereocenters. The van der Waals surface area contributed by atoms with Crippen LogP contribution in [0.2, 0.25) is 0 Å². The van der Waals surface area contributed by atoms with Gasteiger partial charge in [0.1, 0.15) is 5.92 Å². The second kappa shape index (κ2) is 8.61. The molecule has 122 valence electrons. The van der Waals surface area contributed by atoms with Gasteiger partial charge in [0.05, 0.1) is 19.3 Å². The third kappa shape index (κ3) is 4.73. The van der Waals surface area contributed by atoms with Gasteiger partial charge in [0.25, 0.3) is 0 Å². The SMILES string of the molecule is CCOC(=O)C(CC(C#N)C(=O)O)(NC(C)=O)C(=O)OCC. The first-order valence-electron chi connectivity index (χ1n) is 6.50. The van der Waals surface area contributed by atoms with Crippen LogP contribution in [-0.4, -0.2) is 47.7 Å². The summed E-state index contributed by atoms with van der Waals surface area (Å²) in [6.07, 6.45) is -0.796. The zero-order chi connectivity index (χ0) is 17.3. The van der Waals surface area contributed by atoms with Crippen LogP contribution in [0.4, 0.5) is 0 Å². The van der Waals surface area contributed by atoms with Crippen LogP contribution in [0.3, 0.4) is 0 Å². The van der Waals surface area contributed by atoms with Gasteiger partial charge in [-0.2, -0.15) is 5.26 Å². The molecule has 1 unspecified atom stereocenters. The first-order valence-corrected chi connectivity index (χ1v) is 6.50. The van der Waals surface area contributed by atoms with E-state index >= 15 is 0 Å². The first kappa shape index (κ1) is 19.4. The van der Waals surface area contributed by atoms with Crippen molar-refractivity contribution in [2.45, 2.75) is 32.7 Å². The summed E-state index contributed by atoms with van der Waals surface area (Å²) in [6, 6.07) is 1.46. The molecule has 0 aromatic rings. The van der Waals surface area contributed by atoms with Crippen LogP contribution in [-0.2, 0) is 28.7 Å². The predicted octanol–water partition coefficient (Wildman–Crippen LogP) is -0.398. The van der Waals surface area contributed by atoms with E-state index in [1.165, 1.54) is 19.9 Å². The molecule has 0 radical (unpaired) electrons. The standard InChI is InChI=1S/C13H18N2O7/c1-4-21-11(19)13(15-8(3)16,12(20)22-5-2)6-9(7-14)10(17)18/h9H,4-6H2,1-3H3,(H,15,16)(H,17,18). The highest BCUT2D eigenvalue weighted by Crippen LogP contribution is 2.22. The maximum atomic E-state index is 12.2. The summed E-state index contributed by atoms with van der Waals surface area (Å²) < 4.78 is 9.49. The number of hydrogen-bond acceptors (Lipinski definition) is 7. The monoisotopic (exact) mass is 314 g/mol. The lowest BCUT2D eigenvalue weighted by Crippen LogP contribution is -2.62. The number of nitrogens with one attached hydrogen (secondary N) is 1. The number of aliphatic carboxylic acids is 1. The number of hydrogen-bond donors (Lipinski definition) is 2. The molecule has 0 heterocycles. The van der Waals surface area contributed by atoms with Crippen LogP contribution in [0, 0.1) is 17.2 Å². The Labute approximate surface area is 127 Å². The topological polar surface area (TPSA) is 143 Å². The Morgan fingerprint density at radius 1 is 1.18 bits per heavy atom. The Bertz CT molecular complexity index is 477. The minimum Gasteiger partial charge on any atom is -0.480 e. The van der Waals surface area contributed by atoms with Crippen LogP contribution < -0.4 is 5.32 Å². The summed E-state index contributed by atoms with van der Waals surface area (Å²) in [6.45, 7) is 3.77. The lowest BCUT2D eigenvalue weighted by atomic mass is 9.87. The normalized spacial score (nSPS) is 11.7. The molecule has 0 aromatic carbocycles. The summed E-state index contributed by atoms with van der Waals surface area (Å²) in [4.78, 5) is 46.7. The second-order valence-electron chi connectivity index (χ2n) is 4.25. The van der Waals surface area contributed by atoms with E-state index in [1.54, 1.807) is 0 Å². The molecule has 0 aliphatic rings. The Morgan fingerprint density at radius 2 is 1.64 bits per heavy atom. The number of esters is 2. The van der Waals surface area contributed by atoms with Gasteiger partial charge in [-0.05, 0) is 13.8 Å². The number of amides is 1. The minimum atomic E-state index is -2.38. The highest BCUT2D eigenvalue weighted by Gasteiger charge is 2.52. The van der Waals surface area contributed by atoms with E-state index in [2.05, 4.69) is 5.32 Å². The highest BCUT2D eigenvalue weighted by molar-refractivity contribution is 6.08. The molecule has 0 saturated carbocycles. The van der Waals surface area contributed by atoms with Crippen molar-refractivity contribution in [3.63, 3.8) is 0 Å². The summed E-state index contributed by atoms with van der Waals surface area (Å²) in [7, 11) is 0. The Balaban J connectivity index is 5.88. The average molecular weight is 314 g/mol. The van der Waals surface area contributed by atoms with Crippen LogP contribution in [0.1, 0.15) is 27.2 Å². The van der Waals surface area contributed by atoms with Gasteiger partial charge in [-0.15, -0.1) is 0 Å². The van der Waals surface area contributed by atoms with Gasteiger partial charge >= 0.3 is 17.9 Å². The van der Waals surface area contributed by atoms with Gasteiger partial charge in [0.2, 0.25) is 11.4 Å². The van der Waals surface area contributed by atoms with Gasteiger partial charge in [-0.25, -0.2) is 9.59 Å². The molecule has 1 amide bonds. The third-order valence-electron chi connectivity index (χ3n) is 2.60. The van der Waals surface area contributed by atoms with Crippen molar-refractivity contribution in [1.29, 1.82) is 5.26 Å². The molecule has 0 aliphatic heterocycles. The molecule has 0 spiro atoms. The van der Waals surface area contributed by atoms with Gasteiger partial charge < -0.3 is 19.9 Å². The molecule has 0 fully saturated rings. The van der Waals surface area contributed by atoms with Crippen molar-refractivity contribution in [3.05, 3.63) is 0 Å². The summed E-state index contributed by atoms with van der Waals surface area (Å²) in [5, 5.41) is 19.9. The predicted molar refractivity (Wildman–Crippen MR) is 71.2 cm³/mol. The maximum Gasteiger partial charge on any atom is 0.343 e. The summed E-state index contributed by atoms with van der Waals surface area (Å²) >= 11 is 0. The molecular formula is C13H18N2O7. The molecule has 0 aliphatic carbocycles. The Kier molecular flexibility index (Phi) is 7.58. The molecular weight excluding hydrogens is 296 g/mol. The zero-order valence-corrected chi connectivity index (χ0v) is 12.5. The smallest absolute Gasteiger partial charge is 0.343 e. The highest BCUT2D eigenvalue weighted by atomic mass is 16.6. The number of ether oxygens (including phenoxy) is 2. The lowest BCUT2D eigenvalue weighted by molar-refractivity contribution is -0.169. The van der Waals surface area contributed by atoms with Crippen LogP contribution in [0.5, 0.6) is 0 Å². The fourth-order valence-corrected chi connectivity index (χ4v) is 1.71.